The van der Waals surface area contributed by atoms with Crippen molar-refractivity contribution in [3.8, 4) is 0 Å². The molecular formula is C14H17F2N3. The number of nitrogens with zero attached hydrogens (tertiary/aromatic N) is 2. The summed E-state index contributed by atoms with van der Waals surface area (Å²) in [6.45, 7) is 3.44. The highest BCUT2D eigenvalue weighted by Crippen LogP contribution is 2.13. The minimum Gasteiger partial charge on any atom is -0.356 e. The van der Waals surface area contributed by atoms with Crippen LogP contribution in [0, 0.1) is 11.6 Å². The quantitative estimate of drug-likeness (QED) is 0.811. The Hall–Kier alpha value is -1.91. The third kappa shape index (κ3) is 3.53. The summed E-state index contributed by atoms with van der Waals surface area (Å²) in [7, 11) is 0. The summed E-state index contributed by atoms with van der Waals surface area (Å²) in [5.74, 6) is -0.896. The van der Waals surface area contributed by atoms with Crippen molar-refractivity contribution in [2.45, 2.75) is 26.3 Å². The Kier molecular flexibility index (Phi) is 4.49. The lowest BCUT2D eigenvalue weighted by atomic mass is 10.2. The molecule has 1 heterocycles. The normalized spacial score (nSPS) is 10.7. The van der Waals surface area contributed by atoms with Crippen LogP contribution in [0.1, 0.15) is 25.3 Å². The van der Waals surface area contributed by atoms with E-state index in [0.717, 1.165) is 31.4 Å². The highest BCUT2D eigenvalue weighted by Gasteiger charge is 2.06. The Labute approximate surface area is 111 Å². The summed E-state index contributed by atoms with van der Waals surface area (Å²) in [6.07, 6.45) is 5.68. The Morgan fingerprint density at radius 3 is 2.84 bits per heavy atom. The second-order valence-corrected chi connectivity index (χ2v) is 4.41. The maximum absolute atomic E-state index is 13.1. The Balaban J connectivity index is 2.06. The van der Waals surface area contributed by atoms with Gasteiger partial charge in [-0.1, -0.05) is 19.4 Å². The standard InChI is InChI=1S/C14H17F2N3/c1-2-3-6-17-14-18-7-8-19(14)10-11-4-5-12(15)13(16)9-11/h4-5,7-9H,2-3,6,10H2,1H3,(H,17,18). The number of imidazole rings is 1. The molecule has 0 spiro atoms. The summed E-state index contributed by atoms with van der Waals surface area (Å²) in [5, 5.41) is 3.22. The van der Waals surface area contributed by atoms with E-state index in [1.807, 2.05) is 10.8 Å². The van der Waals surface area contributed by atoms with E-state index >= 15 is 0 Å². The molecular weight excluding hydrogens is 248 g/mol. The van der Waals surface area contributed by atoms with Gasteiger partial charge in [0.1, 0.15) is 0 Å². The van der Waals surface area contributed by atoms with E-state index in [4.69, 9.17) is 0 Å². The Morgan fingerprint density at radius 1 is 1.26 bits per heavy atom. The first kappa shape index (κ1) is 13.5. The molecule has 5 heteroatoms. The van der Waals surface area contributed by atoms with Gasteiger partial charge in [-0.15, -0.1) is 0 Å². The van der Waals surface area contributed by atoms with Gasteiger partial charge >= 0.3 is 0 Å². The SMILES string of the molecule is CCCCNc1nccn1Cc1ccc(F)c(F)c1. The topological polar surface area (TPSA) is 29.9 Å². The first-order valence-electron chi connectivity index (χ1n) is 6.39. The molecule has 1 aromatic carbocycles. The molecule has 0 amide bonds. The molecule has 0 saturated carbocycles. The molecule has 0 unspecified atom stereocenters. The predicted octanol–water partition coefficient (Wildman–Crippen LogP) is 3.42. The number of anilines is 1. The lowest BCUT2D eigenvalue weighted by Gasteiger charge is -2.09. The van der Waals surface area contributed by atoms with Crippen molar-refractivity contribution >= 4 is 5.95 Å². The second-order valence-electron chi connectivity index (χ2n) is 4.41. The Bertz CT molecular complexity index is 537. The van der Waals surface area contributed by atoms with Crippen LogP contribution in [0.5, 0.6) is 0 Å². The largest absolute Gasteiger partial charge is 0.356 e. The van der Waals surface area contributed by atoms with E-state index < -0.39 is 11.6 Å². The zero-order valence-corrected chi connectivity index (χ0v) is 10.9. The fourth-order valence-electron chi connectivity index (χ4n) is 1.82. The Morgan fingerprint density at radius 2 is 2.11 bits per heavy atom. The summed E-state index contributed by atoms with van der Waals surface area (Å²) >= 11 is 0. The van der Waals surface area contributed by atoms with Crippen LogP contribution in [0.2, 0.25) is 0 Å². The van der Waals surface area contributed by atoms with Crippen LogP contribution in [-0.2, 0) is 6.54 Å². The molecule has 0 fully saturated rings. The van der Waals surface area contributed by atoms with Gasteiger partial charge in [0.05, 0.1) is 6.54 Å². The van der Waals surface area contributed by atoms with Crippen LogP contribution >= 0.6 is 0 Å². The maximum atomic E-state index is 13.1. The fraction of sp³-hybridized carbons (Fsp3) is 0.357. The lowest BCUT2D eigenvalue weighted by Crippen LogP contribution is -2.09. The van der Waals surface area contributed by atoms with E-state index in [0.29, 0.717) is 12.1 Å². The minimum absolute atomic E-state index is 0.464. The average Bonchev–Trinajstić information content (AvgIpc) is 2.82. The number of halogens is 2. The molecule has 2 aromatic rings. The molecule has 0 aliphatic rings. The van der Waals surface area contributed by atoms with Gasteiger partial charge in [0, 0.05) is 18.9 Å². The van der Waals surface area contributed by atoms with Crippen LogP contribution in [-0.4, -0.2) is 16.1 Å². The monoisotopic (exact) mass is 265 g/mol. The third-order valence-electron chi connectivity index (χ3n) is 2.87. The minimum atomic E-state index is -0.823. The number of hydrogen-bond donors (Lipinski definition) is 1. The first-order chi connectivity index (χ1) is 9.20. The van der Waals surface area contributed by atoms with Crippen molar-refractivity contribution in [1.82, 2.24) is 9.55 Å². The molecule has 0 aliphatic carbocycles. The molecule has 0 radical (unpaired) electrons. The van der Waals surface area contributed by atoms with E-state index in [2.05, 4.69) is 17.2 Å². The maximum Gasteiger partial charge on any atom is 0.203 e. The van der Waals surface area contributed by atoms with Crippen LogP contribution in [0.4, 0.5) is 14.7 Å². The fourth-order valence-corrected chi connectivity index (χ4v) is 1.82. The molecule has 1 N–H and O–H groups in total. The number of rotatable bonds is 6. The van der Waals surface area contributed by atoms with E-state index in [-0.39, 0.29) is 0 Å². The van der Waals surface area contributed by atoms with Gasteiger partial charge in [-0.25, -0.2) is 13.8 Å². The van der Waals surface area contributed by atoms with Gasteiger partial charge in [0.2, 0.25) is 5.95 Å². The smallest absolute Gasteiger partial charge is 0.203 e. The molecule has 2 rings (SSSR count). The molecule has 0 bridgehead atoms. The zero-order chi connectivity index (χ0) is 13.7. The van der Waals surface area contributed by atoms with Gasteiger partial charge in [-0.2, -0.15) is 0 Å². The van der Waals surface area contributed by atoms with Gasteiger partial charge in [0.25, 0.3) is 0 Å². The molecule has 19 heavy (non-hydrogen) atoms. The summed E-state index contributed by atoms with van der Waals surface area (Å²) in [6, 6.07) is 3.94. The van der Waals surface area contributed by atoms with Crippen molar-refractivity contribution in [2.24, 2.45) is 0 Å². The van der Waals surface area contributed by atoms with Crippen molar-refractivity contribution in [2.75, 3.05) is 11.9 Å². The summed E-state index contributed by atoms with van der Waals surface area (Å²) in [5.41, 5.74) is 0.704. The van der Waals surface area contributed by atoms with Crippen LogP contribution < -0.4 is 5.32 Å². The van der Waals surface area contributed by atoms with Crippen molar-refractivity contribution in [1.29, 1.82) is 0 Å². The summed E-state index contributed by atoms with van der Waals surface area (Å²) < 4.78 is 27.9. The lowest BCUT2D eigenvalue weighted by molar-refractivity contribution is 0.506. The first-order valence-corrected chi connectivity index (χ1v) is 6.39. The predicted molar refractivity (Wildman–Crippen MR) is 71.1 cm³/mol. The number of unbranched alkanes of at least 4 members (excludes halogenated alkanes) is 1. The second kappa shape index (κ2) is 6.31. The number of hydrogen-bond acceptors (Lipinski definition) is 2. The van der Waals surface area contributed by atoms with E-state index in [9.17, 15) is 8.78 Å². The number of benzene rings is 1. The molecule has 0 saturated heterocycles. The highest BCUT2D eigenvalue weighted by atomic mass is 19.2. The molecule has 0 aliphatic heterocycles. The van der Waals surface area contributed by atoms with Gasteiger partial charge in [-0.3, -0.25) is 0 Å². The number of aromatic nitrogens is 2. The molecule has 3 nitrogen and oxygen atoms in total. The van der Waals surface area contributed by atoms with Crippen molar-refractivity contribution < 1.29 is 8.78 Å². The van der Waals surface area contributed by atoms with Crippen molar-refractivity contribution in [3.63, 3.8) is 0 Å². The van der Waals surface area contributed by atoms with Crippen LogP contribution in [0.15, 0.2) is 30.6 Å². The van der Waals surface area contributed by atoms with Gasteiger partial charge in [0.15, 0.2) is 11.6 Å². The molecule has 1 aromatic heterocycles. The third-order valence-corrected chi connectivity index (χ3v) is 2.87. The van der Waals surface area contributed by atoms with Gasteiger partial charge in [-0.05, 0) is 24.1 Å². The van der Waals surface area contributed by atoms with E-state index in [1.165, 1.54) is 6.07 Å². The number of nitrogens with one attached hydrogen (secondary N) is 1. The van der Waals surface area contributed by atoms with Crippen LogP contribution in [0.3, 0.4) is 0 Å². The molecule has 102 valence electrons. The average molecular weight is 265 g/mol. The summed E-state index contributed by atoms with van der Waals surface area (Å²) in [4.78, 5) is 4.21. The van der Waals surface area contributed by atoms with E-state index in [1.54, 1.807) is 12.3 Å². The highest BCUT2D eigenvalue weighted by molar-refractivity contribution is 5.28. The van der Waals surface area contributed by atoms with Crippen LogP contribution in [0.25, 0.3) is 0 Å². The molecule has 0 atom stereocenters. The van der Waals surface area contributed by atoms with Crippen molar-refractivity contribution in [3.05, 3.63) is 47.8 Å². The van der Waals surface area contributed by atoms with Gasteiger partial charge < -0.3 is 9.88 Å². The zero-order valence-electron chi connectivity index (χ0n) is 10.9.